The number of nitrogens with zero attached hydrogens (tertiary/aromatic N) is 2. The summed E-state index contributed by atoms with van der Waals surface area (Å²) in [5.74, 6) is -0.0187. The van der Waals surface area contributed by atoms with Crippen LogP contribution in [0.4, 0.5) is 4.39 Å². The van der Waals surface area contributed by atoms with Gasteiger partial charge in [0.25, 0.3) is 5.56 Å². The second-order valence-corrected chi connectivity index (χ2v) is 5.99. The Kier molecular flexibility index (Phi) is 4.41. The number of carbonyl (C=O) groups is 1. The van der Waals surface area contributed by atoms with E-state index in [0.717, 1.165) is 11.3 Å². The number of fused-ring (bicyclic) bond motifs is 1. The van der Waals surface area contributed by atoms with Gasteiger partial charge in [-0.1, -0.05) is 0 Å². The van der Waals surface area contributed by atoms with Crippen molar-refractivity contribution in [3.63, 3.8) is 0 Å². The highest BCUT2D eigenvalue weighted by Crippen LogP contribution is 2.28. The standard InChI is InChI=1S/C14H17FN2O3S/c1-7(2)20-14(19)11-8(3)10-12(21-11)16-9(4)17(6-5-15)13(10)18/h7H,5-6H2,1-4H3. The second-order valence-electron chi connectivity index (χ2n) is 5.00. The van der Waals surface area contributed by atoms with Crippen molar-refractivity contribution in [3.05, 3.63) is 26.6 Å². The van der Waals surface area contributed by atoms with Crippen LogP contribution >= 0.6 is 11.3 Å². The minimum Gasteiger partial charge on any atom is -0.459 e. The van der Waals surface area contributed by atoms with Gasteiger partial charge in [0.2, 0.25) is 0 Å². The molecule has 0 spiro atoms. The zero-order chi connectivity index (χ0) is 15.7. The zero-order valence-electron chi connectivity index (χ0n) is 12.4. The van der Waals surface area contributed by atoms with Gasteiger partial charge in [-0.25, -0.2) is 14.2 Å². The number of esters is 1. The molecule has 5 nitrogen and oxygen atoms in total. The third-order valence-corrected chi connectivity index (χ3v) is 4.24. The molecule has 114 valence electrons. The largest absolute Gasteiger partial charge is 0.459 e. The number of hydrogen-bond acceptors (Lipinski definition) is 5. The summed E-state index contributed by atoms with van der Waals surface area (Å²) in [5.41, 5.74) is 0.234. The summed E-state index contributed by atoms with van der Waals surface area (Å²) in [4.78, 5) is 29.6. The first-order valence-corrected chi connectivity index (χ1v) is 7.46. The minimum absolute atomic E-state index is 0.0331. The van der Waals surface area contributed by atoms with Gasteiger partial charge in [0.15, 0.2) is 0 Å². The molecule has 2 aromatic rings. The van der Waals surface area contributed by atoms with Crippen molar-refractivity contribution in [2.75, 3.05) is 6.67 Å². The molecule has 0 saturated heterocycles. The van der Waals surface area contributed by atoms with Crippen LogP contribution in [-0.4, -0.2) is 28.3 Å². The van der Waals surface area contributed by atoms with E-state index >= 15 is 0 Å². The van der Waals surface area contributed by atoms with Gasteiger partial charge in [-0.05, 0) is 33.3 Å². The summed E-state index contributed by atoms with van der Waals surface area (Å²) in [7, 11) is 0. The van der Waals surface area contributed by atoms with Crippen LogP contribution < -0.4 is 5.56 Å². The Hall–Kier alpha value is -1.76. The summed E-state index contributed by atoms with van der Waals surface area (Å²) in [5, 5.41) is 0.370. The zero-order valence-corrected chi connectivity index (χ0v) is 13.2. The molecule has 0 unspecified atom stereocenters. The van der Waals surface area contributed by atoms with Gasteiger partial charge < -0.3 is 4.74 Å². The quantitative estimate of drug-likeness (QED) is 0.814. The number of thiophene rings is 1. The second kappa shape index (κ2) is 5.93. The average Bonchev–Trinajstić information content (AvgIpc) is 2.71. The molecule has 21 heavy (non-hydrogen) atoms. The van der Waals surface area contributed by atoms with Gasteiger partial charge in [-0.3, -0.25) is 9.36 Å². The lowest BCUT2D eigenvalue weighted by Crippen LogP contribution is -2.24. The maximum absolute atomic E-state index is 12.6. The van der Waals surface area contributed by atoms with E-state index in [0.29, 0.717) is 26.5 Å². The fourth-order valence-corrected chi connectivity index (χ4v) is 3.23. The molecule has 0 aliphatic carbocycles. The fourth-order valence-electron chi connectivity index (χ4n) is 2.13. The van der Waals surface area contributed by atoms with Crippen LogP contribution in [0.1, 0.15) is 34.9 Å². The van der Waals surface area contributed by atoms with Crippen molar-refractivity contribution >= 4 is 27.5 Å². The predicted octanol–water partition coefficient (Wildman–Crippen LogP) is 2.61. The van der Waals surface area contributed by atoms with Gasteiger partial charge in [0.05, 0.1) is 18.0 Å². The third kappa shape index (κ3) is 2.83. The predicted molar refractivity (Wildman–Crippen MR) is 79.9 cm³/mol. The Morgan fingerprint density at radius 1 is 1.43 bits per heavy atom. The van der Waals surface area contributed by atoms with E-state index in [-0.39, 0.29) is 18.2 Å². The normalized spacial score (nSPS) is 11.3. The molecule has 2 heterocycles. The van der Waals surface area contributed by atoms with E-state index in [4.69, 9.17) is 4.74 Å². The van der Waals surface area contributed by atoms with Crippen LogP contribution in [0.5, 0.6) is 0 Å². The molecular weight excluding hydrogens is 295 g/mol. The van der Waals surface area contributed by atoms with Crippen LogP contribution in [0.3, 0.4) is 0 Å². The summed E-state index contributed by atoms with van der Waals surface area (Å²) in [6.07, 6.45) is -0.236. The van der Waals surface area contributed by atoms with Gasteiger partial charge in [0.1, 0.15) is 22.2 Å². The first kappa shape index (κ1) is 15.6. The molecule has 0 fully saturated rings. The van der Waals surface area contributed by atoms with Gasteiger partial charge in [-0.15, -0.1) is 11.3 Å². The highest BCUT2D eigenvalue weighted by Gasteiger charge is 2.22. The first-order valence-electron chi connectivity index (χ1n) is 6.64. The van der Waals surface area contributed by atoms with Gasteiger partial charge in [0, 0.05) is 0 Å². The summed E-state index contributed by atoms with van der Waals surface area (Å²) >= 11 is 1.14. The van der Waals surface area contributed by atoms with E-state index in [2.05, 4.69) is 4.98 Å². The lowest BCUT2D eigenvalue weighted by molar-refractivity contribution is 0.0383. The number of carbonyl (C=O) groups excluding carboxylic acids is 1. The molecule has 7 heteroatoms. The lowest BCUT2D eigenvalue weighted by atomic mass is 10.2. The fraction of sp³-hybridized carbons (Fsp3) is 0.500. The molecule has 0 aromatic carbocycles. The van der Waals surface area contributed by atoms with Crippen LogP contribution in [0.25, 0.3) is 10.2 Å². The van der Waals surface area contributed by atoms with Crippen molar-refractivity contribution in [2.45, 2.75) is 40.3 Å². The Morgan fingerprint density at radius 2 is 2.10 bits per heavy atom. The van der Waals surface area contributed by atoms with E-state index in [1.54, 1.807) is 27.7 Å². The molecular formula is C14H17FN2O3S. The number of ether oxygens (including phenoxy) is 1. The Labute approximate surface area is 125 Å². The Bertz CT molecular complexity index is 749. The first-order chi connectivity index (χ1) is 9.86. The van der Waals surface area contributed by atoms with E-state index in [1.807, 2.05) is 0 Å². The van der Waals surface area contributed by atoms with Crippen molar-refractivity contribution in [2.24, 2.45) is 0 Å². The van der Waals surface area contributed by atoms with Gasteiger partial charge >= 0.3 is 5.97 Å². The Balaban J connectivity index is 2.64. The van der Waals surface area contributed by atoms with Crippen LogP contribution in [0.2, 0.25) is 0 Å². The molecule has 0 atom stereocenters. The topological polar surface area (TPSA) is 61.2 Å². The monoisotopic (exact) mass is 312 g/mol. The number of rotatable bonds is 4. The van der Waals surface area contributed by atoms with Crippen LogP contribution in [0, 0.1) is 13.8 Å². The highest BCUT2D eigenvalue weighted by atomic mass is 32.1. The van der Waals surface area contributed by atoms with E-state index in [9.17, 15) is 14.0 Å². The molecule has 0 saturated carbocycles. The molecule has 2 aromatic heterocycles. The minimum atomic E-state index is -0.640. The van der Waals surface area contributed by atoms with Crippen LogP contribution in [0.15, 0.2) is 4.79 Å². The average molecular weight is 312 g/mol. The van der Waals surface area contributed by atoms with Crippen molar-refractivity contribution in [1.82, 2.24) is 9.55 Å². The lowest BCUT2D eigenvalue weighted by Gasteiger charge is -2.07. The molecule has 0 radical (unpaired) electrons. The number of hydrogen-bond donors (Lipinski definition) is 0. The Morgan fingerprint density at radius 3 is 2.67 bits per heavy atom. The van der Waals surface area contributed by atoms with E-state index in [1.165, 1.54) is 4.57 Å². The smallest absolute Gasteiger partial charge is 0.348 e. The summed E-state index contributed by atoms with van der Waals surface area (Å²) in [6.45, 7) is 6.19. The molecule has 0 aliphatic heterocycles. The number of alkyl halides is 1. The maximum atomic E-state index is 12.6. The molecule has 0 bridgehead atoms. The molecule has 0 N–H and O–H groups in total. The van der Waals surface area contributed by atoms with Crippen LogP contribution in [-0.2, 0) is 11.3 Å². The number of aryl methyl sites for hydroxylation is 2. The van der Waals surface area contributed by atoms with E-state index < -0.39 is 12.6 Å². The molecule has 2 rings (SSSR count). The van der Waals surface area contributed by atoms with Crippen molar-refractivity contribution in [1.29, 1.82) is 0 Å². The number of aromatic nitrogens is 2. The van der Waals surface area contributed by atoms with Gasteiger partial charge in [-0.2, -0.15) is 0 Å². The summed E-state index contributed by atoms with van der Waals surface area (Å²) < 4.78 is 19.0. The SMILES string of the molecule is Cc1c(C(=O)OC(C)C)sc2nc(C)n(CCF)c(=O)c12. The summed E-state index contributed by atoms with van der Waals surface area (Å²) in [6, 6.07) is 0. The third-order valence-electron chi connectivity index (χ3n) is 3.08. The maximum Gasteiger partial charge on any atom is 0.348 e. The molecule has 0 aliphatic rings. The van der Waals surface area contributed by atoms with Crippen molar-refractivity contribution < 1.29 is 13.9 Å². The molecule has 0 amide bonds. The number of halogens is 1. The van der Waals surface area contributed by atoms with Crippen molar-refractivity contribution in [3.8, 4) is 0 Å². The highest BCUT2D eigenvalue weighted by molar-refractivity contribution is 7.20.